The zero-order chi connectivity index (χ0) is 21.5. The molecule has 1 aliphatic heterocycles. The van der Waals surface area contributed by atoms with Crippen molar-refractivity contribution in [3.05, 3.63) is 46.1 Å². The maximum absolute atomic E-state index is 12.5. The predicted octanol–water partition coefficient (Wildman–Crippen LogP) is 1.40. The molecule has 30 heavy (non-hydrogen) atoms. The first kappa shape index (κ1) is 21.7. The van der Waals surface area contributed by atoms with E-state index in [1.807, 2.05) is 6.92 Å². The first-order chi connectivity index (χ1) is 14.5. The second-order valence-corrected chi connectivity index (χ2v) is 7.39. The number of rotatable bonds is 8. The first-order valence-corrected chi connectivity index (χ1v) is 10.2. The fraction of sp³-hybridized carbons (Fsp3) is 0.524. The average Bonchev–Trinajstić information content (AvgIpc) is 3.08. The summed E-state index contributed by atoms with van der Waals surface area (Å²) in [5.41, 5.74) is 1.15. The molecular weight excluding hydrogens is 384 g/mol. The van der Waals surface area contributed by atoms with Crippen LogP contribution < -0.4 is 11.0 Å². The van der Waals surface area contributed by atoms with Gasteiger partial charge in [0.05, 0.1) is 31.3 Å². The van der Waals surface area contributed by atoms with Crippen molar-refractivity contribution in [2.24, 2.45) is 0 Å². The van der Waals surface area contributed by atoms with Crippen molar-refractivity contribution in [2.75, 3.05) is 38.7 Å². The lowest BCUT2D eigenvalue weighted by Crippen LogP contribution is -2.39. The highest BCUT2D eigenvalue weighted by Crippen LogP contribution is 2.26. The van der Waals surface area contributed by atoms with E-state index in [9.17, 15) is 9.59 Å². The normalized spacial score (nSPS) is 15.1. The van der Waals surface area contributed by atoms with Crippen LogP contribution >= 0.6 is 0 Å². The zero-order valence-corrected chi connectivity index (χ0v) is 17.5. The SMILES string of the molecule is CCn1c(C2CCN(CC(=O)Nc3ccc(C#N)cc3)CC2)nn(CCOC)c1=O. The Kier molecular flexibility index (Phi) is 7.38. The van der Waals surface area contributed by atoms with Crippen LogP contribution in [0.1, 0.15) is 37.1 Å². The van der Waals surface area contributed by atoms with E-state index >= 15 is 0 Å². The van der Waals surface area contributed by atoms with Crippen LogP contribution in [0.4, 0.5) is 5.69 Å². The van der Waals surface area contributed by atoms with Crippen LogP contribution in [0.5, 0.6) is 0 Å². The van der Waals surface area contributed by atoms with Gasteiger partial charge in [0.15, 0.2) is 0 Å². The molecule has 0 bridgehead atoms. The molecular formula is C21H28N6O3. The molecule has 1 N–H and O–H groups in total. The van der Waals surface area contributed by atoms with Gasteiger partial charge < -0.3 is 10.1 Å². The molecule has 0 radical (unpaired) electrons. The third-order valence-corrected chi connectivity index (χ3v) is 5.39. The summed E-state index contributed by atoms with van der Waals surface area (Å²) in [5, 5.41) is 16.3. The molecule has 0 unspecified atom stereocenters. The van der Waals surface area contributed by atoms with Gasteiger partial charge in [0, 0.05) is 25.3 Å². The number of aromatic nitrogens is 3. The van der Waals surface area contributed by atoms with Gasteiger partial charge in [-0.3, -0.25) is 14.3 Å². The van der Waals surface area contributed by atoms with Gasteiger partial charge in [-0.2, -0.15) is 10.4 Å². The molecule has 0 aliphatic carbocycles. The van der Waals surface area contributed by atoms with Crippen LogP contribution in [0, 0.1) is 11.3 Å². The Morgan fingerprint density at radius 1 is 1.30 bits per heavy atom. The number of methoxy groups -OCH3 is 1. The minimum atomic E-state index is -0.0891. The highest BCUT2D eigenvalue weighted by atomic mass is 16.5. The molecule has 160 valence electrons. The molecule has 1 aromatic carbocycles. The quantitative estimate of drug-likeness (QED) is 0.703. The number of carbonyl (C=O) groups excluding carboxylic acids is 1. The number of nitrogens with zero attached hydrogens (tertiary/aromatic N) is 5. The van der Waals surface area contributed by atoms with Crippen molar-refractivity contribution in [3.63, 3.8) is 0 Å². The lowest BCUT2D eigenvalue weighted by molar-refractivity contribution is -0.117. The summed E-state index contributed by atoms with van der Waals surface area (Å²) in [4.78, 5) is 27.0. The lowest BCUT2D eigenvalue weighted by atomic mass is 9.96. The number of nitrogens with one attached hydrogen (secondary N) is 1. The Morgan fingerprint density at radius 2 is 2.00 bits per heavy atom. The maximum atomic E-state index is 12.5. The van der Waals surface area contributed by atoms with Gasteiger partial charge in [0.1, 0.15) is 5.82 Å². The second kappa shape index (κ2) is 10.2. The molecule has 0 saturated carbocycles. The highest BCUT2D eigenvalue weighted by molar-refractivity contribution is 5.92. The molecule has 1 aromatic heterocycles. The number of nitriles is 1. The zero-order valence-electron chi connectivity index (χ0n) is 17.5. The van der Waals surface area contributed by atoms with E-state index in [0.717, 1.165) is 31.8 Å². The van der Waals surface area contributed by atoms with Gasteiger partial charge in [0.25, 0.3) is 0 Å². The standard InChI is InChI=1S/C21H28N6O3/c1-3-26-20(24-27(21(26)29)12-13-30-2)17-8-10-25(11-9-17)15-19(28)23-18-6-4-16(14-22)5-7-18/h4-7,17H,3,8-13,15H2,1-2H3,(H,23,28). The summed E-state index contributed by atoms with van der Waals surface area (Å²) >= 11 is 0. The van der Waals surface area contributed by atoms with Crippen molar-refractivity contribution in [1.82, 2.24) is 19.2 Å². The molecule has 0 spiro atoms. The number of likely N-dealkylation sites (tertiary alicyclic amines) is 1. The Labute approximate surface area is 175 Å². The van der Waals surface area contributed by atoms with Crippen LogP contribution in [-0.2, 0) is 22.6 Å². The van der Waals surface area contributed by atoms with Crippen molar-refractivity contribution >= 4 is 11.6 Å². The average molecular weight is 412 g/mol. The van der Waals surface area contributed by atoms with Crippen LogP contribution in [0.3, 0.4) is 0 Å². The number of hydrogen-bond donors (Lipinski definition) is 1. The molecule has 1 fully saturated rings. The fourth-order valence-corrected chi connectivity index (χ4v) is 3.76. The van der Waals surface area contributed by atoms with Crippen molar-refractivity contribution < 1.29 is 9.53 Å². The third-order valence-electron chi connectivity index (χ3n) is 5.39. The van der Waals surface area contributed by atoms with E-state index in [2.05, 4.69) is 21.4 Å². The minimum Gasteiger partial charge on any atom is -0.383 e. The van der Waals surface area contributed by atoms with E-state index in [0.29, 0.717) is 37.5 Å². The summed E-state index contributed by atoms with van der Waals surface area (Å²) in [7, 11) is 1.61. The molecule has 9 heteroatoms. The predicted molar refractivity (Wildman–Crippen MR) is 112 cm³/mol. The molecule has 1 amide bonds. The van der Waals surface area contributed by atoms with Crippen LogP contribution in [0.2, 0.25) is 0 Å². The number of anilines is 1. The molecule has 0 atom stereocenters. The van der Waals surface area contributed by atoms with Gasteiger partial charge in [-0.25, -0.2) is 9.48 Å². The lowest BCUT2D eigenvalue weighted by Gasteiger charge is -2.30. The Bertz CT molecular complexity index is 949. The summed E-state index contributed by atoms with van der Waals surface area (Å²) in [6.07, 6.45) is 1.70. The second-order valence-electron chi connectivity index (χ2n) is 7.39. The van der Waals surface area contributed by atoms with Crippen molar-refractivity contribution in [1.29, 1.82) is 5.26 Å². The van der Waals surface area contributed by atoms with E-state index < -0.39 is 0 Å². The van der Waals surface area contributed by atoms with E-state index in [1.54, 1.807) is 35.9 Å². The van der Waals surface area contributed by atoms with Crippen LogP contribution in [0.15, 0.2) is 29.1 Å². The summed E-state index contributed by atoms with van der Waals surface area (Å²) in [6.45, 7) is 5.30. The number of amides is 1. The maximum Gasteiger partial charge on any atom is 0.345 e. The molecule has 2 aromatic rings. The molecule has 3 rings (SSSR count). The Hall–Kier alpha value is -2.96. The Morgan fingerprint density at radius 3 is 2.60 bits per heavy atom. The van der Waals surface area contributed by atoms with Crippen LogP contribution in [0.25, 0.3) is 0 Å². The fourth-order valence-electron chi connectivity index (χ4n) is 3.76. The van der Waals surface area contributed by atoms with Gasteiger partial charge in [0.2, 0.25) is 5.91 Å². The molecule has 1 saturated heterocycles. The van der Waals surface area contributed by atoms with Gasteiger partial charge in [-0.1, -0.05) is 0 Å². The van der Waals surface area contributed by atoms with E-state index in [1.165, 1.54) is 4.68 Å². The monoisotopic (exact) mass is 412 g/mol. The van der Waals surface area contributed by atoms with Crippen LogP contribution in [-0.4, -0.2) is 58.5 Å². The summed E-state index contributed by atoms with van der Waals surface area (Å²) in [6, 6.07) is 8.88. The van der Waals surface area contributed by atoms with E-state index in [4.69, 9.17) is 10.00 Å². The van der Waals surface area contributed by atoms with Gasteiger partial charge in [-0.05, 0) is 57.1 Å². The van der Waals surface area contributed by atoms with Crippen molar-refractivity contribution in [2.45, 2.75) is 38.8 Å². The van der Waals surface area contributed by atoms with E-state index in [-0.39, 0.29) is 17.5 Å². The number of carbonyl (C=O) groups is 1. The largest absolute Gasteiger partial charge is 0.383 e. The molecule has 9 nitrogen and oxygen atoms in total. The minimum absolute atomic E-state index is 0.0764. The topological polar surface area (TPSA) is 105 Å². The third kappa shape index (κ3) is 5.14. The summed E-state index contributed by atoms with van der Waals surface area (Å²) in [5.74, 6) is 0.965. The number of piperidine rings is 1. The number of hydrogen-bond acceptors (Lipinski definition) is 6. The highest BCUT2D eigenvalue weighted by Gasteiger charge is 2.27. The summed E-state index contributed by atoms with van der Waals surface area (Å²) < 4.78 is 8.30. The first-order valence-electron chi connectivity index (χ1n) is 10.2. The molecule has 2 heterocycles. The van der Waals surface area contributed by atoms with Gasteiger partial charge >= 0.3 is 5.69 Å². The van der Waals surface area contributed by atoms with Crippen molar-refractivity contribution in [3.8, 4) is 6.07 Å². The smallest absolute Gasteiger partial charge is 0.345 e. The van der Waals surface area contributed by atoms with Gasteiger partial charge in [-0.15, -0.1) is 0 Å². The number of benzene rings is 1. The number of ether oxygens (including phenoxy) is 1. The molecule has 1 aliphatic rings. The Balaban J connectivity index is 1.55.